The Hall–Kier alpha value is -1.84. The van der Waals surface area contributed by atoms with Gasteiger partial charge in [-0.25, -0.2) is 0 Å². The van der Waals surface area contributed by atoms with Crippen LogP contribution in [0.1, 0.15) is 58.9 Å². The van der Waals surface area contributed by atoms with Crippen LogP contribution >= 0.6 is 0 Å². The Morgan fingerprint density at radius 3 is 2.25 bits per heavy atom. The molecule has 1 heterocycles. The fourth-order valence-electron chi connectivity index (χ4n) is 3.17. The van der Waals surface area contributed by atoms with Crippen molar-refractivity contribution >= 4 is 17.5 Å². The molecule has 0 atom stereocenters. The van der Waals surface area contributed by atoms with Gasteiger partial charge in [-0.3, -0.25) is 9.59 Å². The van der Waals surface area contributed by atoms with Gasteiger partial charge >= 0.3 is 0 Å². The number of likely N-dealkylation sites (tertiary alicyclic amines) is 1. The smallest absolute Gasteiger partial charge is 0.227 e. The molecule has 1 aromatic carbocycles. The molecule has 132 valence electrons. The van der Waals surface area contributed by atoms with Gasteiger partial charge in [0.15, 0.2) is 0 Å². The van der Waals surface area contributed by atoms with Crippen LogP contribution in [0.4, 0.5) is 5.69 Å². The minimum absolute atomic E-state index is 0.0192. The Morgan fingerprint density at radius 2 is 1.71 bits per heavy atom. The average molecular weight is 330 g/mol. The lowest BCUT2D eigenvalue weighted by atomic mass is 9.90. The van der Waals surface area contributed by atoms with Gasteiger partial charge in [0, 0.05) is 30.1 Å². The number of hydrogen-bond donors (Lipinski definition) is 1. The summed E-state index contributed by atoms with van der Waals surface area (Å²) in [5.74, 6) is 0.597. The molecule has 4 heteroatoms. The second-order valence-corrected chi connectivity index (χ2v) is 8.05. The van der Waals surface area contributed by atoms with Gasteiger partial charge in [0.1, 0.15) is 0 Å². The van der Waals surface area contributed by atoms with E-state index >= 15 is 0 Å². The van der Waals surface area contributed by atoms with Crippen molar-refractivity contribution in [3.63, 3.8) is 0 Å². The molecule has 1 saturated heterocycles. The van der Waals surface area contributed by atoms with E-state index in [1.807, 2.05) is 43.9 Å². The van der Waals surface area contributed by atoms with Gasteiger partial charge in [0.25, 0.3) is 0 Å². The predicted molar refractivity (Wildman–Crippen MR) is 97.9 cm³/mol. The van der Waals surface area contributed by atoms with Crippen molar-refractivity contribution in [2.45, 2.75) is 53.4 Å². The Bertz CT molecular complexity index is 594. The van der Waals surface area contributed by atoms with Crippen LogP contribution in [0.15, 0.2) is 24.3 Å². The number of amides is 2. The molecule has 0 radical (unpaired) electrons. The molecule has 1 aliphatic rings. The van der Waals surface area contributed by atoms with Crippen LogP contribution in [0.3, 0.4) is 0 Å². The second-order valence-electron chi connectivity index (χ2n) is 8.05. The van der Waals surface area contributed by atoms with Crippen LogP contribution in [0.2, 0.25) is 0 Å². The molecule has 2 amide bonds. The molecule has 0 aromatic heterocycles. The van der Waals surface area contributed by atoms with Gasteiger partial charge in [-0.1, -0.05) is 52.8 Å². The topological polar surface area (TPSA) is 49.4 Å². The van der Waals surface area contributed by atoms with Crippen molar-refractivity contribution < 1.29 is 9.59 Å². The van der Waals surface area contributed by atoms with Crippen LogP contribution in [0.5, 0.6) is 0 Å². The first kappa shape index (κ1) is 18.5. The first-order valence-electron chi connectivity index (χ1n) is 8.89. The third-order valence-corrected chi connectivity index (χ3v) is 4.64. The molecule has 1 fully saturated rings. The minimum atomic E-state index is -0.356. The number of para-hydroxylation sites is 1. The predicted octanol–water partition coefficient (Wildman–Crippen LogP) is 4.03. The molecule has 24 heavy (non-hydrogen) atoms. The highest BCUT2D eigenvalue weighted by atomic mass is 16.2. The maximum absolute atomic E-state index is 12.6. The maximum Gasteiger partial charge on any atom is 0.227 e. The molecule has 0 saturated carbocycles. The molecule has 2 rings (SSSR count). The zero-order chi connectivity index (χ0) is 17.9. The number of carbonyl (C=O) groups is 2. The maximum atomic E-state index is 12.6. The molecule has 1 aliphatic heterocycles. The van der Waals surface area contributed by atoms with Crippen LogP contribution in [-0.2, 0) is 9.59 Å². The number of nitrogens with one attached hydrogen (secondary N) is 1. The van der Waals surface area contributed by atoms with E-state index in [1.165, 1.54) is 0 Å². The molecule has 0 unspecified atom stereocenters. The zero-order valence-electron chi connectivity index (χ0n) is 15.6. The minimum Gasteiger partial charge on any atom is -0.342 e. The van der Waals surface area contributed by atoms with Crippen LogP contribution in [0.25, 0.3) is 0 Å². The van der Waals surface area contributed by atoms with Gasteiger partial charge in [0.2, 0.25) is 11.8 Å². The van der Waals surface area contributed by atoms with E-state index in [0.29, 0.717) is 19.0 Å². The number of anilines is 1. The van der Waals surface area contributed by atoms with Gasteiger partial charge < -0.3 is 10.2 Å². The first-order valence-corrected chi connectivity index (χ1v) is 8.89. The summed E-state index contributed by atoms with van der Waals surface area (Å²) in [6.45, 7) is 11.4. The number of benzene rings is 1. The monoisotopic (exact) mass is 330 g/mol. The molecule has 0 bridgehead atoms. The molecule has 0 spiro atoms. The Balaban J connectivity index is 1.96. The van der Waals surface area contributed by atoms with Crippen molar-refractivity contribution in [3.8, 4) is 0 Å². The Labute approximate surface area is 145 Å². The van der Waals surface area contributed by atoms with Crippen molar-refractivity contribution in [3.05, 3.63) is 29.8 Å². The number of nitrogens with zero attached hydrogens (tertiary/aromatic N) is 1. The summed E-state index contributed by atoms with van der Waals surface area (Å²) in [7, 11) is 0. The fourth-order valence-corrected chi connectivity index (χ4v) is 3.17. The van der Waals surface area contributed by atoms with Crippen LogP contribution in [0, 0.1) is 11.3 Å². The number of rotatable bonds is 3. The SMILES string of the molecule is CC(C)c1ccccc1NC(=O)C1CCN(C(=O)C(C)(C)C)CC1. The summed E-state index contributed by atoms with van der Waals surface area (Å²) < 4.78 is 0. The van der Waals surface area contributed by atoms with Gasteiger partial charge in [-0.2, -0.15) is 0 Å². The third kappa shape index (κ3) is 4.37. The highest BCUT2D eigenvalue weighted by molar-refractivity contribution is 5.93. The lowest BCUT2D eigenvalue weighted by Gasteiger charge is -2.35. The molecular weight excluding hydrogens is 300 g/mol. The van der Waals surface area contributed by atoms with E-state index < -0.39 is 0 Å². The van der Waals surface area contributed by atoms with Crippen molar-refractivity contribution in [1.29, 1.82) is 0 Å². The van der Waals surface area contributed by atoms with Crippen LogP contribution in [-0.4, -0.2) is 29.8 Å². The third-order valence-electron chi connectivity index (χ3n) is 4.64. The van der Waals surface area contributed by atoms with Crippen molar-refractivity contribution in [1.82, 2.24) is 4.90 Å². The number of hydrogen-bond acceptors (Lipinski definition) is 2. The summed E-state index contributed by atoms with van der Waals surface area (Å²) in [6, 6.07) is 7.98. The molecule has 1 aromatic rings. The quantitative estimate of drug-likeness (QED) is 0.909. The Kier molecular flexibility index (Phi) is 5.68. The zero-order valence-corrected chi connectivity index (χ0v) is 15.6. The first-order chi connectivity index (χ1) is 11.2. The lowest BCUT2D eigenvalue weighted by Crippen LogP contribution is -2.45. The van der Waals surface area contributed by atoms with E-state index in [0.717, 1.165) is 24.1 Å². The van der Waals surface area contributed by atoms with E-state index in [2.05, 4.69) is 25.2 Å². The highest BCUT2D eigenvalue weighted by Gasteiger charge is 2.32. The largest absolute Gasteiger partial charge is 0.342 e. The summed E-state index contributed by atoms with van der Waals surface area (Å²) >= 11 is 0. The second kappa shape index (κ2) is 7.37. The summed E-state index contributed by atoms with van der Waals surface area (Å²) in [6.07, 6.45) is 1.47. The molecule has 4 nitrogen and oxygen atoms in total. The fraction of sp³-hybridized carbons (Fsp3) is 0.600. The van der Waals surface area contributed by atoms with E-state index in [1.54, 1.807) is 0 Å². The van der Waals surface area contributed by atoms with Crippen molar-refractivity contribution in [2.75, 3.05) is 18.4 Å². The van der Waals surface area contributed by atoms with E-state index in [-0.39, 0.29) is 23.1 Å². The lowest BCUT2D eigenvalue weighted by molar-refractivity contribution is -0.142. The molecule has 1 N–H and O–H groups in total. The molecule has 0 aliphatic carbocycles. The van der Waals surface area contributed by atoms with Gasteiger partial charge in [-0.15, -0.1) is 0 Å². The van der Waals surface area contributed by atoms with E-state index in [4.69, 9.17) is 0 Å². The summed E-state index contributed by atoms with van der Waals surface area (Å²) in [4.78, 5) is 26.8. The van der Waals surface area contributed by atoms with Gasteiger partial charge in [0.05, 0.1) is 0 Å². The average Bonchev–Trinajstić information content (AvgIpc) is 2.53. The summed E-state index contributed by atoms with van der Waals surface area (Å²) in [5, 5.41) is 3.09. The van der Waals surface area contributed by atoms with Crippen molar-refractivity contribution in [2.24, 2.45) is 11.3 Å². The van der Waals surface area contributed by atoms with E-state index in [9.17, 15) is 9.59 Å². The summed E-state index contributed by atoms with van der Waals surface area (Å²) in [5.41, 5.74) is 1.71. The molecular formula is C20H30N2O2. The van der Waals surface area contributed by atoms with Crippen LogP contribution < -0.4 is 5.32 Å². The highest BCUT2D eigenvalue weighted by Crippen LogP contribution is 2.27. The normalized spacial score (nSPS) is 16.3. The number of carbonyl (C=O) groups excluding carboxylic acids is 2. The number of piperidine rings is 1. The standard InChI is InChI=1S/C20H30N2O2/c1-14(2)16-8-6-7-9-17(16)21-18(23)15-10-12-22(13-11-15)19(24)20(3,4)5/h6-9,14-15H,10-13H2,1-5H3,(H,21,23). The Morgan fingerprint density at radius 1 is 1.12 bits per heavy atom. The van der Waals surface area contributed by atoms with Gasteiger partial charge in [-0.05, 0) is 30.4 Å².